The van der Waals surface area contributed by atoms with Crippen LogP contribution in [-0.4, -0.2) is 26.5 Å². The highest BCUT2D eigenvalue weighted by molar-refractivity contribution is 8.00. The average molecular weight is 460 g/mol. The van der Waals surface area contributed by atoms with E-state index in [1.807, 2.05) is 37.3 Å². The third kappa shape index (κ3) is 4.99. The number of hydrogen-bond acceptors (Lipinski definition) is 5. The molecule has 160 valence electrons. The van der Waals surface area contributed by atoms with Gasteiger partial charge in [0.05, 0.1) is 28.6 Å². The fourth-order valence-corrected chi connectivity index (χ4v) is 5.18. The molecule has 0 radical (unpaired) electrons. The van der Waals surface area contributed by atoms with Gasteiger partial charge in [-0.2, -0.15) is 0 Å². The lowest BCUT2D eigenvalue weighted by Crippen LogP contribution is -2.26. The van der Waals surface area contributed by atoms with Gasteiger partial charge in [0.1, 0.15) is 11.6 Å². The van der Waals surface area contributed by atoms with Crippen LogP contribution in [-0.2, 0) is 17.8 Å². The van der Waals surface area contributed by atoms with E-state index < -0.39 is 17.5 Å². The SMILES string of the molecule is C[C@@H]1Cc2nc(SCC(=O)Nc3ccc(F)cc3F)n(Cc3ccccc3)c(=O)c2S1. The van der Waals surface area contributed by atoms with Gasteiger partial charge in [0.25, 0.3) is 5.56 Å². The van der Waals surface area contributed by atoms with Crippen molar-refractivity contribution in [3.63, 3.8) is 0 Å². The molecular formula is C22H19F2N3O2S2. The van der Waals surface area contributed by atoms with Crippen LogP contribution in [0.3, 0.4) is 0 Å². The van der Waals surface area contributed by atoms with Crippen LogP contribution in [0, 0.1) is 11.6 Å². The zero-order chi connectivity index (χ0) is 22.0. The Hall–Kier alpha value is -2.65. The summed E-state index contributed by atoms with van der Waals surface area (Å²) in [5, 5.41) is 3.14. The minimum atomic E-state index is -0.846. The van der Waals surface area contributed by atoms with Crippen molar-refractivity contribution < 1.29 is 13.6 Å². The second kappa shape index (κ2) is 9.23. The number of nitrogens with one attached hydrogen (secondary N) is 1. The molecule has 1 aromatic heterocycles. The second-order valence-corrected chi connectivity index (χ2v) is 9.53. The number of carbonyl (C=O) groups excluding carboxylic acids is 1. The zero-order valence-electron chi connectivity index (χ0n) is 16.6. The molecule has 4 rings (SSSR count). The van der Waals surface area contributed by atoms with E-state index >= 15 is 0 Å². The largest absolute Gasteiger partial charge is 0.323 e. The Kier molecular flexibility index (Phi) is 6.43. The molecular weight excluding hydrogens is 440 g/mol. The molecule has 9 heteroatoms. The number of rotatable bonds is 6. The second-order valence-electron chi connectivity index (χ2n) is 7.14. The molecule has 2 heterocycles. The van der Waals surface area contributed by atoms with E-state index in [0.29, 0.717) is 29.1 Å². The molecule has 0 bridgehead atoms. The van der Waals surface area contributed by atoms with Crippen molar-refractivity contribution in [1.82, 2.24) is 9.55 Å². The molecule has 1 aliphatic heterocycles. The molecule has 0 unspecified atom stereocenters. The van der Waals surface area contributed by atoms with Crippen LogP contribution in [0.4, 0.5) is 14.5 Å². The lowest BCUT2D eigenvalue weighted by Gasteiger charge is -2.14. The minimum absolute atomic E-state index is 0.0699. The normalized spacial score (nSPS) is 15.0. The topological polar surface area (TPSA) is 64.0 Å². The van der Waals surface area contributed by atoms with E-state index in [-0.39, 0.29) is 22.2 Å². The maximum Gasteiger partial charge on any atom is 0.268 e. The third-order valence-electron chi connectivity index (χ3n) is 4.68. The van der Waals surface area contributed by atoms with E-state index in [4.69, 9.17) is 0 Å². The highest BCUT2D eigenvalue weighted by Gasteiger charge is 2.26. The summed E-state index contributed by atoms with van der Waals surface area (Å²) in [7, 11) is 0. The number of aromatic nitrogens is 2. The molecule has 0 saturated carbocycles. The Morgan fingerprint density at radius 2 is 2.03 bits per heavy atom. The Labute approximate surface area is 186 Å². The number of benzene rings is 2. The van der Waals surface area contributed by atoms with Crippen LogP contribution in [0.15, 0.2) is 63.4 Å². The standard InChI is InChI=1S/C22H19F2N3O2S2/c1-13-9-18-20(31-13)21(29)27(11-14-5-3-2-4-6-14)22(26-18)30-12-19(28)25-17-8-7-15(23)10-16(17)24/h2-8,10,13H,9,11-12H2,1H3,(H,25,28)/t13-/m1/s1. The first kappa shape index (κ1) is 21.6. The third-order valence-corrected chi connectivity index (χ3v) is 6.88. The molecule has 0 fully saturated rings. The monoisotopic (exact) mass is 459 g/mol. The highest BCUT2D eigenvalue weighted by atomic mass is 32.2. The Morgan fingerprint density at radius 1 is 1.26 bits per heavy atom. The number of anilines is 1. The molecule has 0 saturated heterocycles. The summed E-state index contributed by atoms with van der Waals surface area (Å²) in [6.07, 6.45) is 0.696. The van der Waals surface area contributed by atoms with E-state index in [2.05, 4.69) is 10.3 Å². The lowest BCUT2D eigenvalue weighted by molar-refractivity contribution is -0.113. The van der Waals surface area contributed by atoms with Gasteiger partial charge >= 0.3 is 0 Å². The lowest BCUT2D eigenvalue weighted by atomic mass is 10.2. The van der Waals surface area contributed by atoms with Crippen LogP contribution in [0.2, 0.25) is 0 Å². The van der Waals surface area contributed by atoms with Crippen molar-refractivity contribution in [2.45, 2.75) is 35.2 Å². The van der Waals surface area contributed by atoms with Crippen molar-refractivity contribution in [3.8, 4) is 0 Å². The average Bonchev–Trinajstić information content (AvgIpc) is 3.12. The van der Waals surface area contributed by atoms with E-state index in [9.17, 15) is 18.4 Å². The first-order valence-electron chi connectivity index (χ1n) is 9.62. The first-order valence-corrected chi connectivity index (χ1v) is 11.5. The fourth-order valence-electron chi connectivity index (χ4n) is 3.25. The molecule has 5 nitrogen and oxygen atoms in total. The number of thioether (sulfide) groups is 2. The first-order chi connectivity index (χ1) is 14.9. The van der Waals surface area contributed by atoms with Gasteiger partial charge in [-0.25, -0.2) is 13.8 Å². The summed E-state index contributed by atoms with van der Waals surface area (Å²) in [5.41, 5.74) is 1.48. The van der Waals surface area contributed by atoms with Gasteiger partial charge < -0.3 is 5.32 Å². The summed E-state index contributed by atoms with van der Waals surface area (Å²) in [6.45, 7) is 2.39. The molecule has 0 aliphatic carbocycles. The number of fused-ring (bicyclic) bond motifs is 1. The van der Waals surface area contributed by atoms with Gasteiger partial charge in [0.15, 0.2) is 5.16 Å². The molecule has 1 atom stereocenters. The van der Waals surface area contributed by atoms with Crippen molar-refractivity contribution in [1.29, 1.82) is 0 Å². The summed E-state index contributed by atoms with van der Waals surface area (Å²) in [4.78, 5) is 30.8. The Bertz CT molecular complexity index is 1190. The minimum Gasteiger partial charge on any atom is -0.323 e. The Balaban J connectivity index is 1.56. The van der Waals surface area contributed by atoms with E-state index in [1.54, 1.807) is 4.57 Å². The quantitative estimate of drug-likeness (QED) is 0.439. The number of hydrogen-bond donors (Lipinski definition) is 1. The Morgan fingerprint density at radius 3 is 2.77 bits per heavy atom. The van der Waals surface area contributed by atoms with Crippen molar-refractivity contribution >= 4 is 35.1 Å². The predicted octanol–water partition coefficient (Wildman–Crippen LogP) is 4.34. The van der Waals surface area contributed by atoms with Crippen LogP contribution in [0.1, 0.15) is 18.2 Å². The van der Waals surface area contributed by atoms with Crippen molar-refractivity contribution in [3.05, 3.63) is 81.8 Å². The molecule has 1 amide bonds. The van der Waals surface area contributed by atoms with Gasteiger partial charge in [-0.05, 0) is 17.7 Å². The summed E-state index contributed by atoms with van der Waals surface area (Å²) < 4.78 is 28.4. The maximum atomic E-state index is 13.8. The maximum absolute atomic E-state index is 13.8. The van der Waals surface area contributed by atoms with Gasteiger partial charge in [-0.15, -0.1) is 11.8 Å². The van der Waals surface area contributed by atoms with Gasteiger partial charge in [-0.3, -0.25) is 14.2 Å². The van der Waals surface area contributed by atoms with Crippen molar-refractivity contribution in [2.75, 3.05) is 11.1 Å². The van der Waals surface area contributed by atoms with E-state index in [1.165, 1.54) is 17.8 Å². The van der Waals surface area contributed by atoms with E-state index in [0.717, 1.165) is 29.1 Å². The molecule has 31 heavy (non-hydrogen) atoms. The number of nitrogens with zero attached hydrogens (tertiary/aromatic N) is 2. The van der Waals surface area contributed by atoms with Crippen LogP contribution >= 0.6 is 23.5 Å². The predicted molar refractivity (Wildman–Crippen MR) is 119 cm³/mol. The summed E-state index contributed by atoms with van der Waals surface area (Å²) >= 11 is 2.64. The van der Waals surface area contributed by atoms with Crippen LogP contribution in [0.25, 0.3) is 0 Å². The van der Waals surface area contributed by atoms with Crippen LogP contribution in [0.5, 0.6) is 0 Å². The van der Waals surface area contributed by atoms with Crippen molar-refractivity contribution in [2.24, 2.45) is 0 Å². The highest BCUT2D eigenvalue weighted by Crippen LogP contribution is 2.34. The smallest absolute Gasteiger partial charge is 0.268 e. The number of halogens is 2. The molecule has 1 N–H and O–H groups in total. The molecule has 3 aromatic rings. The summed E-state index contributed by atoms with van der Waals surface area (Å²) in [6, 6.07) is 12.5. The van der Waals surface area contributed by atoms with Crippen LogP contribution < -0.4 is 10.9 Å². The van der Waals surface area contributed by atoms with Gasteiger partial charge in [0.2, 0.25) is 5.91 Å². The molecule has 1 aliphatic rings. The summed E-state index contributed by atoms with van der Waals surface area (Å²) in [5.74, 6) is -2.11. The van der Waals surface area contributed by atoms with Gasteiger partial charge in [-0.1, -0.05) is 49.0 Å². The molecule has 2 aromatic carbocycles. The molecule has 0 spiro atoms. The van der Waals surface area contributed by atoms with Gasteiger partial charge in [0, 0.05) is 17.7 Å². The fraction of sp³-hybridized carbons (Fsp3) is 0.227. The number of carbonyl (C=O) groups is 1. The number of amides is 1. The zero-order valence-corrected chi connectivity index (χ0v) is 18.2.